The van der Waals surface area contributed by atoms with Gasteiger partial charge in [0.05, 0.1) is 5.69 Å². The van der Waals surface area contributed by atoms with Crippen LogP contribution in [0.1, 0.15) is 19.5 Å². The fourth-order valence-electron chi connectivity index (χ4n) is 3.16. The van der Waals surface area contributed by atoms with Gasteiger partial charge >= 0.3 is 0 Å². The third kappa shape index (κ3) is 4.66. The van der Waals surface area contributed by atoms with Crippen molar-refractivity contribution in [1.29, 1.82) is 0 Å². The van der Waals surface area contributed by atoms with Gasteiger partial charge < -0.3 is 9.67 Å². The highest BCUT2D eigenvalue weighted by Gasteiger charge is 2.21. The second-order valence-corrected chi connectivity index (χ2v) is 9.20. The summed E-state index contributed by atoms with van der Waals surface area (Å²) in [5.74, 6) is 0.429. The molecule has 0 fully saturated rings. The molecule has 0 aliphatic heterocycles. The third-order valence-electron chi connectivity index (χ3n) is 4.84. The van der Waals surface area contributed by atoms with Crippen LogP contribution in [-0.2, 0) is 12.6 Å². The van der Waals surface area contributed by atoms with Gasteiger partial charge in [-0.05, 0) is 74.5 Å². The number of imidazole rings is 1. The first-order valence-electron chi connectivity index (χ1n) is 9.68. The number of halogens is 2. The van der Waals surface area contributed by atoms with Gasteiger partial charge in [-0.1, -0.05) is 23.4 Å². The second kappa shape index (κ2) is 8.46. The van der Waals surface area contributed by atoms with Crippen LogP contribution < -0.4 is 0 Å². The quantitative estimate of drug-likeness (QED) is 0.384. The van der Waals surface area contributed by atoms with Crippen LogP contribution in [0.3, 0.4) is 0 Å². The molecule has 2 heterocycles. The zero-order chi connectivity index (χ0) is 22.2. The maximum Gasteiger partial charge on any atom is 0.141 e. The summed E-state index contributed by atoms with van der Waals surface area (Å²) in [6.45, 7) is 3.40. The molecule has 31 heavy (non-hydrogen) atoms. The van der Waals surface area contributed by atoms with E-state index in [0.29, 0.717) is 10.7 Å². The van der Waals surface area contributed by atoms with Crippen molar-refractivity contribution in [3.63, 3.8) is 0 Å². The number of rotatable bonds is 5. The average molecular weight is 454 g/mol. The van der Waals surface area contributed by atoms with Gasteiger partial charge in [0.2, 0.25) is 0 Å². The Kier molecular flexibility index (Phi) is 5.88. The fourth-order valence-corrected chi connectivity index (χ4v) is 4.26. The summed E-state index contributed by atoms with van der Waals surface area (Å²) in [7, 11) is 1.94. The topological polar surface area (TPSA) is 50.9 Å². The lowest BCUT2D eigenvalue weighted by atomic mass is 10.0. The summed E-state index contributed by atoms with van der Waals surface area (Å²) in [6, 6.07) is 17.6. The summed E-state index contributed by atoms with van der Waals surface area (Å²) in [5, 5.41) is 11.8. The molecule has 0 aliphatic rings. The van der Waals surface area contributed by atoms with Gasteiger partial charge in [-0.2, -0.15) is 0 Å². The molecule has 0 saturated carbocycles. The molecule has 0 saturated heterocycles. The number of hydrogen-bond donors (Lipinski definition) is 1. The minimum Gasteiger partial charge on any atom is -0.384 e. The molecule has 7 heteroatoms. The van der Waals surface area contributed by atoms with E-state index in [1.165, 1.54) is 12.1 Å². The molecule has 2 aromatic heterocycles. The molecule has 4 aromatic rings. The maximum absolute atomic E-state index is 13.4. The summed E-state index contributed by atoms with van der Waals surface area (Å²) < 4.78 is 15.4. The predicted molar refractivity (Wildman–Crippen MR) is 123 cm³/mol. The van der Waals surface area contributed by atoms with Crippen LogP contribution in [0.25, 0.3) is 22.6 Å². The van der Waals surface area contributed by atoms with E-state index >= 15 is 0 Å². The molecule has 1 N–H and O–H groups in total. The molecule has 0 amide bonds. The smallest absolute Gasteiger partial charge is 0.141 e. The maximum atomic E-state index is 13.4. The van der Waals surface area contributed by atoms with E-state index in [4.69, 9.17) is 16.6 Å². The van der Waals surface area contributed by atoms with Crippen molar-refractivity contribution in [2.75, 3.05) is 0 Å². The normalized spacial score (nSPS) is 11.7. The molecule has 0 unspecified atom stereocenters. The van der Waals surface area contributed by atoms with Crippen LogP contribution >= 0.6 is 23.4 Å². The van der Waals surface area contributed by atoms with Crippen molar-refractivity contribution in [1.82, 2.24) is 14.5 Å². The van der Waals surface area contributed by atoms with Crippen molar-refractivity contribution in [3.8, 4) is 22.6 Å². The van der Waals surface area contributed by atoms with Crippen molar-refractivity contribution >= 4 is 23.4 Å². The zero-order valence-corrected chi connectivity index (χ0v) is 18.9. The van der Waals surface area contributed by atoms with E-state index in [9.17, 15) is 9.50 Å². The standard InChI is InChI=1S/C24H21ClFN3OS/c1-24(2,30)20-13-6-16(14-27-20)21-23(31-19-11-7-17(25)8-12-19)29(3)22(28-21)15-4-9-18(26)10-5-15/h4-14,30H,1-3H3. The van der Waals surface area contributed by atoms with E-state index in [0.717, 1.165) is 32.6 Å². The molecule has 158 valence electrons. The molecule has 4 rings (SSSR count). The first-order valence-corrected chi connectivity index (χ1v) is 10.9. The lowest BCUT2D eigenvalue weighted by Gasteiger charge is -2.16. The Morgan fingerprint density at radius 1 is 0.968 bits per heavy atom. The van der Waals surface area contributed by atoms with E-state index in [1.54, 1.807) is 50.0 Å². The molecule has 4 nitrogen and oxygen atoms in total. The Bertz CT molecular complexity index is 1200. The number of benzene rings is 2. The Hall–Kier alpha value is -2.67. The molecular weight excluding hydrogens is 433 g/mol. The highest BCUT2D eigenvalue weighted by Crippen LogP contribution is 2.39. The van der Waals surface area contributed by atoms with Crippen LogP contribution in [-0.4, -0.2) is 19.6 Å². The van der Waals surface area contributed by atoms with Gasteiger partial charge in [0.25, 0.3) is 0 Å². The molecule has 0 atom stereocenters. The molecular formula is C24H21ClFN3OS. The fraction of sp³-hybridized carbons (Fsp3) is 0.167. The van der Waals surface area contributed by atoms with E-state index in [1.807, 2.05) is 41.9 Å². The average Bonchev–Trinajstić information content (AvgIpc) is 3.06. The minimum absolute atomic E-state index is 0.291. The number of aliphatic hydroxyl groups is 1. The van der Waals surface area contributed by atoms with Gasteiger partial charge in [-0.3, -0.25) is 4.98 Å². The first kappa shape index (κ1) is 21.6. The SMILES string of the molecule is Cn1c(-c2ccc(F)cc2)nc(-c2ccc(C(C)(C)O)nc2)c1Sc1ccc(Cl)cc1. The Morgan fingerprint density at radius 3 is 2.19 bits per heavy atom. The van der Waals surface area contributed by atoms with Gasteiger partial charge in [0.1, 0.15) is 28.0 Å². The molecule has 2 aromatic carbocycles. The highest BCUT2D eigenvalue weighted by atomic mass is 35.5. The van der Waals surface area contributed by atoms with Crippen molar-refractivity contribution < 1.29 is 9.50 Å². The summed E-state index contributed by atoms with van der Waals surface area (Å²) in [5.41, 5.74) is 1.96. The van der Waals surface area contributed by atoms with Crippen LogP contribution in [0.5, 0.6) is 0 Å². The number of nitrogens with zero attached hydrogens (tertiary/aromatic N) is 3. The van der Waals surface area contributed by atoms with Gasteiger partial charge in [0.15, 0.2) is 0 Å². The molecule has 0 aliphatic carbocycles. The van der Waals surface area contributed by atoms with E-state index in [2.05, 4.69) is 4.98 Å². The lowest BCUT2D eigenvalue weighted by Crippen LogP contribution is -2.17. The monoisotopic (exact) mass is 453 g/mol. The van der Waals surface area contributed by atoms with Crippen LogP contribution in [0.4, 0.5) is 4.39 Å². The van der Waals surface area contributed by atoms with Crippen molar-refractivity contribution in [2.24, 2.45) is 7.05 Å². The van der Waals surface area contributed by atoms with Gasteiger partial charge in [-0.25, -0.2) is 9.37 Å². The largest absolute Gasteiger partial charge is 0.384 e. The van der Waals surface area contributed by atoms with E-state index in [-0.39, 0.29) is 5.82 Å². The Labute approximate surface area is 189 Å². The third-order valence-corrected chi connectivity index (χ3v) is 6.26. The van der Waals surface area contributed by atoms with Gasteiger partial charge in [-0.15, -0.1) is 0 Å². The molecule has 0 bridgehead atoms. The van der Waals surface area contributed by atoms with Crippen LogP contribution in [0.2, 0.25) is 5.02 Å². The summed E-state index contributed by atoms with van der Waals surface area (Å²) >= 11 is 7.60. The number of hydrogen-bond acceptors (Lipinski definition) is 4. The molecule has 0 radical (unpaired) electrons. The highest BCUT2D eigenvalue weighted by molar-refractivity contribution is 7.99. The Morgan fingerprint density at radius 2 is 1.61 bits per heavy atom. The number of pyridine rings is 1. The van der Waals surface area contributed by atoms with Gasteiger partial charge in [0, 0.05) is 34.3 Å². The zero-order valence-electron chi connectivity index (χ0n) is 17.3. The lowest BCUT2D eigenvalue weighted by molar-refractivity contribution is 0.0739. The Balaban J connectivity index is 1.82. The number of aromatic nitrogens is 3. The predicted octanol–water partition coefficient (Wildman–Crippen LogP) is 6.32. The summed E-state index contributed by atoms with van der Waals surface area (Å²) in [4.78, 5) is 10.3. The van der Waals surface area contributed by atoms with Crippen LogP contribution in [0, 0.1) is 5.82 Å². The van der Waals surface area contributed by atoms with Crippen molar-refractivity contribution in [3.05, 3.63) is 83.4 Å². The van der Waals surface area contributed by atoms with E-state index < -0.39 is 5.60 Å². The van der Waals surface area contributed by atoms with Crippen molar-refractivity contribution in [2.45, 2.75) is 29.4 Å². The summed E-state index contributed by atoms with van der Waals surface area (Å²) in [6.07, 6.45) is 1.72. The van der Waals surface area contributed by atoms with Crippen LogP contribution in [0.15, 0.2) is 76.8 Å². The first-order chi connectivity index (χ1) is 14.7. The second-order valence-electron chi connectivity index (χ2n) is 7.70. The molecule has 0 spiro atoms. The minimum atomic E-state index is -1.02.